The van der Waals surface area contributed by atoms with Crippen molar-refractivity contribution in [2.45, 2.75) is 6.42 Å². The fourth-order valence-corrected chi connectivity index (χ4v) is 1.57. The van der Waals surface area contributed by atoms with Crippen LogP contribution in [0.5, 0.6) is 5.75 Å². The van der Waals surface area contributed by atoms with E-state index < -0.39 is 0 Å². The third-order valence-corrected chi connectivity index (χ3v) is 2.59. The Balaban J connectivity index is 2.22. The second kappa shape index (κ2) is 8.51. The number of likely N-dealkylation sites (N-methyl/N-ethyl adjacent to an activating group) is 1. The lowest BCUT2D eigenvalue weighted by molar-refractivity contribution is 0.172. The molecule has 0 spiro atoms. The van der Waals surface area contributed by atoms with Gasteiger partial charge in [0, 0.05) is 26.8 Å². The normalized spacial score (nSPS) is 10.3. The molecule has 1 rings (SSSR count). The lowest BCUT2D eigenvalue weighted by atomic mass is 10.2. The zero-order valence-corrected chi connectivity index (χ0v) is 11.1. The Morgan fingerprint density at radius 3 is 2.83 bits per heavy atom. The Morgan fingerprint density at radius 2 is 2.11 bits per heavy atom. The van der Waals surface area contributed by atoms with E-state index in [4.69, 9.17) is 14.7 Å². The van der Waals surface area contributed by atoms with Gasteiger partial charge in [-0.15, -0.1) is 0 Å². The van der Waals surface area contributed by atoms with Crippen LogP contribution in [-0.4, -0.2) is 45.4 Å². The molecule has 98 valence electrons. The van der Waals surface area contributed by atoms with Crippen LogP contribution < -0.4 is 4.74 Å². The summed E-state index contributed by atoms with van der Waals surface area (Å²) in [5.74, 6) is 0.749. The van der Waals surface area contributed by atoms with E-state index in [0.717, 1.165) is 31.9 Å². The molecule has 0 atom stereocenters. The van der Waals surface area contributed by atoms with Gasteiger partial charge in [-0.1, -0.05) is 6.07 Å². The van der Waals surface area contributed by atoms with Crippen LogP contribution >= 0.6 is 0 Å². The first-order chi connectivity index (χ1) is 8.76. The van der Waals surface area contributed by atoms with Gasteiger partial charge in [-0.3, -0.25) is 0 Å². The van der Waals surface area contributed by atoms with E-state index in [1.54, 1.807) is 19.2 Å². The number of methoxy groups -OCH3 is 1. The average Bonchev–Trinajstić information content (AvgIpc) is 2.39. The molecule has 4 heteroatoms. The highest BCUT2D eigenvalue weighted by atomic mass is 16.5. The molecule has 0 fully saturated rings. The van der Waals surface area contributed by atoms with Crippen molar-refractivity contribution in [1.82, 2.24) is 4.90 Å². The van der Waals surface area contributed by atoms with Crippen molar-refractivity contribution >= 4 is 0 Å². The highest BCUT2D eigenvalue weighted by Gasteiger charge is 2.00. The second-order valence-electron chi connectivity index (χ2n) is 4.14. The van der Waals surface area contributed by atoms with Crippen LogP contribution in [0.2, 0.25) is 0 Å². The second-order valence-corrected chi connectivity index (χ2v) is 4.14. The molecule has 0 bridgehead atoms. The standard InChI is InChI=1S/C14H20N2O2/c1-16(7-4-9-17-2)8-10-18-14-6-3-5-13(11-14)12-15/h3,5-6,11H,4,7-10H2,1-2H3. The van der Waals surface area contributed by atoms with E-state index in [0.29, 0.717) is 12.2 Å². The van der Waals surface area contributed by atoms with E-state index >= 15 is 0 Å². The molecule has 18 heavy (non-hydrogen) atoms. The van der Waals surface area contributed by atoms with E-state index in [1.165, 1.54) is 0 Å². The number of nitrogens with zero attached hydrogens (tertiary/aromatic N) is 2. The highest BCUT2D eigenvalue weighted by molar-refractivity contribution is 5.36. The van der Waals surface area contributed by atoms with Crippen molar-refractivity contribution < 1.29 is 9.47 Å². The largest absolute Gasteiger partial charge is 0.492 e. The maximum atomic E-state index is 8.77. The molecular weight excluding hydrogens is 228 g/mol. The predicted octanol–water partition coefficient (Wildman–Crippen LogP) is 1.91. The molecule has 0 heterocycles. The molecule has 0 amide bonds. The Bertz CT molecular complexity index is 388. The third-order valence-electron chi connectivity index (χ3n) is 2.59. The zero-order chi connectivity index (χ0) is 13.2. The number of hydrogen-bond donors (Lipinski definition) is 0. The van der Waals surface area contributed by atoms with Crippen LogP contribution in [0.15, 0.2) is 24.3 Å². The lowest BCUT2D eigenvalue weighted by Gasteiger charge is -2.16. The molecule has 0 aliphatic carbocycles. The fourth-order valence-electron chi connectivity index (χ4n) is 1.57. The van der Waals surface area contributed by atoms with Crippen molar-refractivity contribution in [3.05, 3.63) is 29.8 Å². The molecule has 0 saturated heterocycles. The summed E-state index contributed by atoms with van der Waals surface area (Å²) in [6.07, 6.45) is 1.02. The predicted molar refractivity (Wildman–Crippen MR) is 70.6 cm³/mol. The SMILES string of the molecule is COCCCN(C)CCOc1cccc(C#N)c1. The van der Waals surface area contributed by atoms with Crippen LogP contribution in [0.25, 0.3) is 0 Å². The van der Waals surface area contributed by atoms with E-state index in [2.05, 4.69) is 18.0 Å². The number of benzene rings is 1. The number of nitriles is 1. The summed E-state index contributed by atoms with van der Waals surface area (Å²) in [5, 5.41) is 8.77. The minimum absolute atomic E-state index is 0.623. The average molecular weight is 248 g/mol. The van der Waals surface area contributed by atoms with Crippen molar-refractivity contribution in [1.29, 1.82) is 5.26 Å². The van der Waals surface area contributed by atoms with Gasteiger partial charge < -0.3 is 14.4 Å². The molecule has 4 nitrogen and oxygen atoms in total. The van der Waals surface area contributed by atoms with Crippen LogP contribution in [0.3, 0.4) is 0 Å². The van der Waals surface area contributed by atoms with Crippen LogP contribution in [-0.2, 0) is 4.74 Å². The molecule has 0 radical (unpaired) electrons. The van der Waals surface area contributed by atoms with Gasteiger partial charge in [0.1, 0.15) is 12.4 Å². The smallest absolute Gasteiger partial charge is 0.120 e. The van der Waals surface area contributed by atoms with Crippen molar-refractivity contribution in [2.24, 2.45) is 0 Å². The molecule has 0 N–H and O–H groups in total. The van der Waals surface area contributed by atoms with Gasteiger partial charge in [-0.2, -0.15) is 5.26 Å². The minimum atomic E-state index is 0.623. The van der Waals surface area contributed by atoms with E-state index in [9.17, 15) is 0 Å². The van der Waals surface area contributed by atoms with E-state index in [-0.39, 0.29) is 0 Å². The quantitative estimate of drug-likeness (QED) is 0.659. The van der Waals surface area contributed by atoms with E-state index in [1.807, 2.05) is 12.1 Å². The Hall–Kier alpha value is -1.57. The first-order valence-corrected chi connectivity index (χ1v) is 6.06. The van der Waals surface area contributed by atoms with Gasteiger partial charge in [0.15, 0.2) is 0 Å². The monoisotopic (exact) mass is 248 g/mol. The molecule has 0 saturated carbocycles. The lowest BCUT2D eigenvalue weighted by Crippen LogP contribution is -2.26. The maximum Gasteiger partial charge on any atom is 0.120 e. The summed E-state index contributed by atoms with van der Waals surface area (Å²) in [4.78, 5) is 2.20. The maximum absolute atomic E-state index is 8.77. The van der Waals surface area contributed by atoms with Crippen molar-refractivity contribution in [2.75, 3.05) is 40.5 Å². The minimum Gasteiger partial charge on any atom is -0.492 e. The van der Waals surface area contributed by atoms with Crippen molar-refractivity contribution in [3.63, 3.8) is 0 Å². The van der Waals surface area contributed by atoms with Gasteiger partial charge >= 0.3 is 0 Å². The Labute approximate surface area is 109 Å². The molecule has 0 aliphatic rings. The summed E-state index contributed by atoms with van der Waals surface area (Å²) in [6.45, 7) is 3.27. The number of rotatable bonds is 8. The third kappa shape index (κ3) is 5.67. The molecular formula is C14H20N2O2. The van der Waals surface area contributed by atoms with Crippen molar-refractivity contribution in [3.8, 4) is 11.8 Å². The number of hydrogen-bond acceptors (Lipinski definition) is 4. The summed E-state index contributed by atoms with van der Waals surface area (Å²) < 4.78 is 10.6. The molecule has 1 aromatic rings. The first kappa shape index (κ1) is 14.5. The van der Waals surface area contributed by atoms with Gasteiger partial charge in [0.05, 0.1) is 11.6 Å². The molecule has 0 aromatic heterocycles. The molecule has 0 aliphatic heterocycles. The number of ether oxygens (including phenoxy) is 2. The fraction of sp³-hybridized carbons (Fsp3) is 0.500. The van der Waals surface area contributed by atoms with Gasteiger partial charge in [0.25, 0.3) is 0 Å². The van der Waals surface area contributed by atoms with Crippen LogP contribution in [0, 0.1) is 11.3 Å². The van der Waals surface area contributed by atoms with Gasteiger partial charge in [0.2, 0.25) is 0 Å². The summed E-state index contributed by atoms with van der Waals surface area (Å²) >= 11 is 0. The summed E-state index contributed by atoms with van der Waals surface area (Å²) in [7, 11) is 3.77. The Kier molecular flexibility index (Phi) is 6.85. The Morgan fingerprint density at radius 1 is 1.28 bits per heavy atom. The first-order valence-electron chi connectivity index (χ1n) is 6.06. The highest BCUT2D eigenvalue weighted by Crippen LogP contribution is 2.12. The molecule has 0 unspecified atom stereocenters. The zero-order valence-electron chi connectivity index (χ0n) is 11.1. The van der Waals surface area contributed by atoms with Gasteiger partial charge in [-0.05, 0) is 31.7 Å². The summed E-state index contributed by atoms with van der Waals surface area (Å²) in [6, 6.07) is 9.32. The van der Waals surface area contributed by atoms with Crippen LogP contribution in [0.4, 0.5) is 0 Å². The van der Waals surface area contributed by atoms with Gasteiger partial charge in [-0.25, -0.2) is 0 Å². The molecule has 1 aromatic carbocycles. The van der Waals surface area contributed by atoms with Crippen LogP contribution in [0.1, 0.15) is 12.0 Å². The summed E-state index contributed by atoms with van der Waals surface area (Å²) in [5.41, 5.74) is 0.626. The topological polar surface area (TPSA) is 45.5 Å².